The van der Waals surface area contributed by atoms with Gasteiger partial charge in [-0.1, -0.05) is 0 Å². The molecule has 2 aliphatic heterocycles. The Morgan fingerprint density at radius 1 is 1.38 bits per heavy atom. The lowest BCUT2D eigenvalue weighted by Gasteiger charge is -2.15. The molecule has 0 amide bonds. The van der Waals surface area contributed by atoms with Crippen molar-refractivity contribution in [2.75, 3.05) is 13.1 Å². The summed E-state index contributed by atoms with van der Waals surface area (Å²) in [6, 6.07) is 0. The van der Waals surface area contributed by atoms with Crippen molar-refractivity contribution in [1.82, 2.24) is 4.90 Å². The molecule has 0 spiro atoms. The van der Waals surface area contributed by atoms with Crippen LogP contribution in [0.1, 0.15) is 12.8 Å². The number of rotatable bonds is 0. The van der Waals surface area contributed by atoms with Crippen LogP contribution in [-0.4, -0.2) is 31.6 Å². The van der Waals surface area contributed by atoms with Gasteiger partial charge in [0.25, 0.3) is 0 Å². The number of amidine groups is 1. The van der Waals surface area contributed by atoms with Gasteiger partial charge in [0, 0.05) is 13.1 Å². The maximum atomic E-state index is 11.6. The predicted octanol–water partition coefficient (Wildman–Crippen LogP) is 1.06. The molecule has 0 saturated carbocycles. The van der Waals surface area contributed by atoms with Crippen molar-refractivity contribution in [3.63, 3.8) is 0 Å². The van der Waals surface area contributed by atoms with Crippen LogP contribution >= 0.6 is 15.9 Å². The second-order valence-electron chi connectivity index (χ2n) is 3.04. The van der Waals surface area contributed by atoms with Gasteiger partial charge in [-0.3, -0.25) is 0 Å². The Morgan fingerprint density at radius 2 is 2.00 bits per heavy atom. The number of aliphatic imine (C=N–C) groups is 1. The normalized spacial score (nSPS) is 26.1. The van der Waals surface area contributed by atoms with Crippen LogP contribution in [0.25, 0.3) is 0 Å². The van der Waals surface area contributed by atoms with Crippen LogP contribution in [0.4, 0.5) is 0 Å². The van der Waals surface area contributed by atoms with Crippen LogP contribution in [0, 0.1) is 0 Å². The minimum Gasteiger partial charge on any atom is -0.347 e. The predicted molar refractivity (Wildman–Crippen MR) is 54.2 cm³/mol. The summed E-state index contributed by atoms with van der Waals surface area (Å²) in [6.45, 7) is 1.60. The van der Waals surface area contributed by atoms with Crippen LogP contribution < -0.4 is 0 Å². The number of hydrogen-bond acceptors (Lipinski definition) is 4. The number of likely N-dealkylation sites (tertiary alicyclic amines) is 1. The highest BCUT2D eigenvalue weighted by molar-refractivity contribution is 9.14. The molecule has 72 valence electrons. The van der Waals surface area contributed by atoms with E-state index in [1.54, 1.807) is 0 Å². The summed E-state index contributed by atoms with van der Waals surface area (Å²) in [7, 11) is -3.30. The SMILES string of the molecule is O=S1(=O)C(Br)=CN=C1N1CCCC1. The van der Waals surface area contributed by atoms with Crippen molar-refractivity contribution in [3.8, 4) is 0 Å². The van der Waals surface area contributed by atoms with Crippen molar-refractivity contribution < 1.29 is 8.42 Å². The highest BCUT2D eigenvalue weighted by Crippen LogP contribution is 2.26. The Morgan fingerprint density at radius 3 is 2.46 bits per heavy atom. The first-order valence-corrected chi connectivity index (χ1v) is 6.33. The molecular weight excluding hydrogens is 256 g/mol. The summed E-state index contributed by atoms with van der Waals surface area (Å²) in [5.74, 6) is 0. The first-order valence-electron chi connectivity index (χ1n) is 4.06. The molecule has 0 bridgehead atoms. The molecule has 2 rings (SSSR count). The molecule has 13 heavy (non-hydrogen) atoms. The van der Waals surface area contributed by atoms with E-state index in [1.807, 2.05) is 4.90 Å². The van der Waals surface area contributed by atoms with Gasteiger partial charge in [0.15, 0.2) is 0 Å². The fraction of sp³-hybridized carbons (Fsp3) is 0.571. The van der Waals surface area contributed by atoms with Crippen molar-refractivity contribution in [3.05, 3.63) is 10.0 Å². The van der Waals surface area contributed by atoms with Gasteiger partial charge in [-0.2, -0.15) is 0 Å². The minimum absolute atomic E-state index is 0.168. The van der Waals surface area contributed by atoms with E-state index in [0.29, 0.717) is 0 Å². The van der Waals surface area contributed by atoms with Crippen molar-refractivity contribution in [2.45, 2.75) is 12.8 Å². The Balaban J connectivity index is 2.29. The zero-order valence-corrected chi connectivity index (χ0v) is 9.31. The first-order chi connectivity index (χ1) is 6.12. The van der Waals surface area contributed by atoms with E-state index in [4.69, 9.17) is 0 Å². The lowest BCUT2D eigenvalue weighted by Crippen LogP contribution is -2.32. The molecule has 1 saturated heterocycles. The van der Waals surface area contributed by atoms with Gasteiger partial charge >= 0.3 is 0 Å². The van der Waals surface area contributed by atoms with E-state index in [-0.39, 0.29) is 8.98 Å². The monoisotopic (exact) mass is 264 g/mol. The van der Waals surface area contributed by atoms with E-state index < -0.39 is 9.84 Å². The summed E-state index contributed by atoms with van der Waals surface area (Å²) in [6.07, 6.45) is 3.45. The lowest BCUT2D eigenvalue weighted by atomic mass is 10.4. The van der Waals surface area contributed by atoms with Gasteiger partial charge in [-0.25, -0.2) is 13.4 Å². The van der Waals surface area contributed by atoms with Gasteiger partial charge < -0.3 is 4.90 Å². The van der Waals surface area contributed by atoms with E-state index in [2.05, 4.69) is 20.9 Å². The fourth-order valence-electron chi connectivity index (χ4n) is 1.49. The third-order valence-electron chi connectivity index (χ3n) is 2.15. The quantitative estimate of drug-likeness (QED) is 0.658. The number of sulfone groups is 1. The molecule has 0 unspecified atom stereocenters. The minimum atomic E-state index is -3.30. The van der Waals surface area contributed by atoms with Crippen molar-refractivity contribution >= 4 is 30.9 Å². The number of nitrogens with zero attached hydrogens (tertiary/aromatic N) is 2. The third kappa shape index (κ3) is 1.42. The zero-order valence-electron chi connectivity index (χ0n) is 6.90. The average Bonchev–Trinajstić information content (AvgIpc) is 2.62. The Hall–Kier alpha value is -0.360. The van der Waals surface area contributed by atoms with Gasteiger partial charge in [0.1, 0.15) is 3.81 Å². The molecule has 0 radical (unpaired) electrons. The van der Waals surface area contributed by atoms with Crippen LogP contribution in [0.5, 0.6) is 0 Å². The highest BCUT2D eigenvalue weighted by atomic mass is 79.9. The van der Waals surface area contributed by atoms with Crippen LogP contribution in [-0.2, 0) is 9.84 Å². The number of hydrogen-bond donors (Lipinski definition) is 0. The average molecular weight is 265 g/mol. The lowest BCUT2D eigenvalue weighted by molar-refractivity contribution is 0.522. The smallest absolute Gasteiger partial charge is 0.247 e. The number of halogens is 1. The van der Waals surface area contributed by atoms with E-state index >= 15 is 0 Å². The summed E-state index contributed by atoms with van der Waals surface area (Å²) in [5.41, 5.74) is 0. The maximum absolute atomic E-state index is 11.6. The fourth-order valence-corrected chi connectivity index (χ4v) is 3.11. The molecule has 0 atom stereocenters. The van der Waals surface area contributed by atoms with Crippen LogP contribution in [0.15, 0.2) is 15.0 Å². The van der Waals surface area contributed by atoms with Gasteiger partial charge in [-0.15, -0.1) is 0 Å². The molecule has 4 nitrogen and oxygen atoms in total. The molecule has 6 heteroatoms. The standard InChI is InChI=1S/C7H9BrN2O2S/c8-6-5-9-7(13(6,11)12)10-3-1-2-4-10/h5H,1-4H2. The summed E-state index contributed by atoms with van der Waals surface area (Å²) in [4.78, 5) is 5.72. The Labute approximate surface area is 85.4 Å². The molecule has 1 fully saturated rings. The molecule has 0 aromatic heterocycles. The molecule has 2 heterocycles. The van der Waals surface area contributed by atoms with Crippen LogP contribution in [0.3, 0.4) is 0 Å². The summed E-state index contributed by atoms with van der Waals surface area (Å²) >= 11 is 2.98. The van der Waals surface area contributed by atoms with Gasteiger partial charge in [0.2, 0.25) is 15.0 Å². The molecule has 0 aromatic carbocycles. The maximum Gasteiger partial charge on any atom is 0.247 e. The van der Waals surface area contributed by atoms with E-state index in [9.17, 15) is 8.42 Å². The molecule has 0 aromatic rings. The van der Waals surface area contributed by atoms with Gasteiger partial charge in [0.05, 0.1) is 6.20 Å². The highest BCUT2D eigenvalue weighted by Gasteiger charge is 2.33. The summed E-state index contributed by atoms with van der Waals surface area (Å²) in [5, 5.41) is 0.205. The molecular formula is C7H9BrN2O2S. The molecule has 2 aliphatic rings. The largest absolute Gasteiger partial charge is 0.347 e. The van der Waals surface area contributed by atoms with E-state index in [0.717, 1.165) is 25.9 Å². The van der Waals surface area contributed by atoms with E-state index in [1.165, 1.54) is 6.20 Å². The van der Waals surface area contributed by atoms with Gasteiger partial charge in [-0.05, 0) is 28.8 Å². The molecule has 0 N–H and O–H groups in total. The van der Waals surface area contributed by atoms with Crippen molar-refractivity contribution in [1.29, 1.82) is 0 Å². The Kier molecular flexibility index (Phi) is 2.19. The summed E-state index contributed by atoms with van der Waals surface area (Å²) < 4.78 is 23.4. The second kappa shape index (κ2) is 3.09. The third-order valence-corrected chi connectivity index (χ3v) is 5.10. The second-order valence-corrected chi connectivity index (χ2v) is 6.23. The van der Waals surface area contributed by atoms with Crippen molar-refractivity contribution in [2.24, 2.45) is 4.99 Å². The Bertz CT molecular complexity index is 379. The first kappa shape index (κ1) is 9.21. The molecule has 0 aliphatic carbocycles. The topological polar surface area (TPSA) is 49.7 Å². The zero-order chi connectivity index (χ0) is 9.47. The van der Waals surface area contributed by atoms with Crippen LogP contribution in [0.2, 0.25) is 0 Å².